The zero-order chi connectivity index (χ0) is 13.7. The van der Waals surface area contributed by atoms with Gasteiger partial charge in [0.25, 0.3) is 0 Å². The number of hydrogen-bond donors (Lipinski definition) is 1. The summed E-state index contributed by atoms with van der Waals surface area (Å²) in [6.07, 6.45) is 6.88. The van der Waals surface area contributed by atoms with E-state index < -0.39 is 0 Å². The molecule has 2 rings (SSSR count). The second kappa shape index (κ2) is 7.06. The summed E-state index contributed by atoms with van der Waals surface area (Å²) in [5.41, 5.74) is 1.33. The highest BCUT2D eigenvalue weighted by molar-refractivity contribution is 5.04. The van der Waals surface area contributed by atoms with Gasteiger partial charge in [-0.15, -0.1) is 0 Å². The number of hydrogen-bond acceptors (Lipinski definition) is 3. The van der Waals surface area contributed by atoms with Crippen molar-refractivity contribution in [3.05, 3.63) is 18.0 Å². The molecule has 1 saturated heterocycles. The molecule has 2 heterocycles. The molecule has 1 fully saturated rings. The Balaban J connectivity index is 1.91. The van der Waals surface area contributed by atoms with E-state index in [-0.39, 0.29) is 0 Å². The molecule has 19 heavy (non-hydrogen) atoms. The van der Waals surface area contributed by atoms with E-state index in [0.717, 1.165) is 19.0 Å². The molecule has 4 heteroatoms. The maximum absolute atomic E-state index is 4.37. The Kier molecular flexibility index (Phi) is 5.40. The first-order valence-electron chi connectivity index (χ1n) is 7.65. The Hall–Kier alpha value is -0.870. The van der Waals surface area contributed by atoms with Gasteiger partial charge in [0.05, 0.1) is 6.20 Å². The lowest BCUT2D eigenvalue weighted by atomic mass is 9.98. The van der Waals surface area contributed by atoms with Crippen LogP contribution in [0.3, 0.4) is 0 Å². The zero-order valence-electron chi connectivity index (χ0n) is 12.6. The first-order valence-corrected chi connectivity index (χ1v) is 7.65. The van der Waals surface area contributed by atoms with Crippen LogP contribution in [0.25, 0.3) is 0 Å². The average molecular weight is 264 g/mol. The van der Waals surface area contributed by atoms with Crippen molar-refractivity contribution in [2.24, 2.45) is 5.92 Å². The van der Waals surface area contributed by atoms with Crippen LogP contribution in [0.2, 0.25) is 0 Å². The van der Waals surface area contributed by atoms with Crippen LogP contribution in [0.1, 0.15) is 39.2 Å². The molecule has 1 aromatic rings. The van der Waals surface area contributed by atoms with Crippen LogP contribution in [0, 0.1) is 5.92 Å². The van der Waals surface area contributed by atoms with Crippen LogP contribution in [-0.4, -0.2) is 40.4 Å². The normalized spacial score (nSPS) is 20.4. The summed E-state index contributed by atoms with van der Waals surface area (Å²) in [5.74, 6) is 0.803. The van der Waals surface area contributed by atoms with E-state index in [2.05, 4.69) is 42.3 Å². The molecule has 1 atom stereocenters. The van der Waals surface area contributed by atoms with E-state index in [9.17, 15) is 0 Å². The quantitative estimate of drug-likeness (QED) is 0.854. The van der Waals surface area contributed by atoms with Crippen LogP contribution >= 0.6 is 0 Å². The molecule has 0 aromatic carbocycles. The second-order valence-corrected chi connectivity index (χ2v) is 5.94. The van der Waals surface area contributed by atoms with Gasteiger partial charge in [-0.3, -0.25) is 9.58 Å². The first-order chi connectivity index (χ1) is 9.19. The maximum atomic E-state index is 4.37. The third kappa shape index (κ3) is 4.32. The third-order valence-corrected chi connectivity index (χ3v) is 4.02. The van der Waals surface area contributed by atoms with Gasteiger partial charge in [-0.1, -0.05) is 0 Å². The van der Waals surface area contributed by atoms with Crippen LogP contribution in [0.4, 0.5) is 0 Å². The van der Waals surface area contributed by atoms with E-state index in [1.165, 1.54) is 38.0 Å². The second-order valence-electron chi connectivity index (χ2n) is 5.94. The molecular formula is C15H28N4. The predicted molar refractivity (Wildman–Crippen MR) is 79.0 cm³/mol. The Bertz CT molecular complexity index is 366. The summed E-state index contributed by atoms with van der Waals surface area (Å²) in [6.45, 7) is 12.3. The molecule has 0 spiro atoms. The van der Waals surface area contributed by atoms with Gasteiger partial charge in [0, 0.05) is 37.4 Å². The summed E-state index contributed by atoms with van der Waals surface area (Å²) in [6, 6.07) is 0.590. The number of rotatable bonds is 6. The molecule has 0 aliphatic carbocycles. The molecule has 0 amide bonds. The molecule has 1 aromatic heterocycles. The van der Waals surface area contributed by atoms with Crippen molar-refractivity contribution < 1.29 is 0 Å². The molecule has 0 bridgehead atoms. The number of piperidine rings is 1. The Morgan fingerprint density at radius 2 is 2.37 bits per heavy atom. The lowest BCUT2D eigenvalue weighted by Crippen LogP contribution is -2.40. The fourth-order valence-corrected chi connectivity index (χ4v) is 2.76. The van der Waals surface area contributed by atoms with Gasteiger partial charge in [-0.05, 0) is 52.6 Å². The Labute approximate surface area is 117 Å². The summed E-state index contributed by atoms with van der Waals surface area (Å²) in [5, 5.41) is 7.88. The fraction of sp³-hybridized carbons (Fsp3) is 0.800. The van der Waals surface area contributed by atoms with Crippen molar-refractivity contribution in [2.45, 2.75) is 52.7 Å². The molecule has 1 aliphatic heterocycles. The summed E-state index contributed by atoms with van der Waals surface area (Å²) in [7, 11) is 0. The highest BCUT2D eigenvalue weighted by Gasteiger charge is 2.19. The van der Waals surface area contributed by atoms with Gasteiger partial charge in [0.1, 0.15) is 0 Å². The minimum Gasteiger partial charge on any atom is -0.316 e. The topological polar surface area (TPSA) is 33.1 Å². The SMILES string of the molecule is CCn1cc(CN(CC2CCCNC2)C(C)C)cn1. The molecule has 1 N–H and O–H groups in total. The molecule has 0 saturated carbocycles. The van der Waals surface area contributed by atoms with E-state index in [4.69, 9.17) is 0 Å². The zero-order valence-corrected chi connectivity index (χ0v) is 12.6. The lowest BCUT2D eigenvalue weighted by molar-refractivity contribution is 0.164. The van der Waals surface area contributed by atoms with Crippen molar-refractivity contribution in [3.63, 3.8) is 0 Å². The van der Waals surface area contributed by atoms with Crippen LogP contribution in [-0.2, 0) is 13.1 Å². The van der Waals surface area contributed by atoms with E-state index in [0.29, 0.717) is 6.04 Å². The van der Waals surface area contributed by atoms with Crippen LogP contribution in [0.15, 0.2) is 12.4 Å². The highest BCUT2D eigenvalue weighted by Crippen LogP contribution is 2.16. The van der Waals surface area contributed by atoms with Crippen molar-refractivity contribution in [1.82, 2.24) is 20.0 Å². The minimum absolute atomic E-state index is 0.590. The van der Waals surface area contributed by atoms with E-state index in [1.807, 2.05) is 10.9 Å². The smallest absolute Gasteiger partial charge is 0.0534 e. The lowest BCUT2D eigenvalue weighted by Gasteiger charge is -2.32. The van der Waals surface area contributed by atoms with Crippen molar-refractivity contribution in [1.29, 1.82) is 0 Å². The van der Waals surface area contributed by atoms with E-state index >= 15 is 0 Å². The van der Waals surface area contributed by atoms with Crippen molar-refractivity contribution in [2.75, 3.05) is 19.6 Å². The van der Waals surface area contributed by atoms with Gasteiger partial charge in [0.2, 0.25) is 0 Å². The van der Waals surface area contributed by atoms with Gasteiger partial charge < -0.3 is 5.32 Å². The molecule has 1 unspecified atom stereocenters. The van der Waals surface area contributed by atoms with Crippen molar-refractivity contribution >= 4 is 0 Å². The average Bonchev–Trinajstić information content (AvgIpc) is 2.87. The minimum atomic E-state index is 0.590. The van der Waals surface area contributed by atoms with Crippen LogP contribution in [0.5, 0.6) is 0 Å². The predicted octanol–water partition coefficient (Wildman–Crippen LogP) is 2.11. The van der Waals surface area contributed by atoms with Gasteiger partial charge >= 0.3 is 0 Å². The fourth-order valence-electron chi connectivity index (χ4n) is 2.76. The largest absolute Gasteiger partial charge is 0.316 e. The molecular weight excluding hydrogens is 236 g/mol. The van der Waals surface area contributed by atoms with Gasteiger partial charge in [-0.25, -0.2) is 0 Å². The van der Waals surface area contributed by atoms with Gasteiger partial charge in [-0.2, -0.15) is 5.10 Å². The first kappa shape index (κ1) is 14.5. The Morgan fingerprint density at radius 1 is 1.53 bits per heavy atom. The number of aryl methyl sites for hydroxylation is 1. The molecule has 1 aliphatic rings. The highest BCUT2D eigenvalue weighted by atomic mass is 15.3. The summed E-state index contributed by atoms with van der Waals surface area (Å²) < 4.78 is 2.01. The number of nitrogens with zero attached hydrogens (tertiary/aromatic N) is 3. The standard InChI is InChI=1S/C15H28N4/c1-4-19-12-15(9-17-19)11-18(13(2)3)10-14-6-5-7-16-8-14/h9,12-14,16H,4-8,10-11H2,1-3H3. The van der Waals surface area contributed by atoms with Gasteiger partial charge in [0.15, 0.2) is 0 Å². The van der Waals surface area contributed by atoms with E-state index in [1.54, 1.807) is 0 Å². The molecule has 4 nitrogen and oxygen atoms in total. The Morgan fingerprint density at radius 3 is 2.95 bits per heavy atom. The molecule has 0 radical (unpaired) electrons. The third-order valence-electron chi connectivity index (χ3n) is 4.02. The van der Waals surface area contributed by atoms with Crippen LogP contribution < -0.4 is 5.32 Å². The monoisotopic (exact) mass is 264 g/mol. The number of aromatic nitrogens is 2. The molecule has 108 valence electrons. The maximum Gasteiger partial charge on any atom is 0.0534 e. The number of nitrogens with one attached hydrogen (secondary N) is 1. The van der Waals surface area contributed by atoms with Crippen molar-refractivity contribution in [3.8, 4) is 0 Å². The summed E-state index contributed by atoms with van der Waals surface area (Å²) >= 11 is 0. The summed E-state index contributed by atoms with van der Waals surface area (Å²) in [4.78, 5) is 2.58.